The normalized spacial score (nSPS) is 21.3. The standard InChI is InChI=1S/C11H15BrN2O3S/c1-17-8-4-5-14(7-8)18(15,16)9-2-3-11(13)10(12)6-9/h2-3,6,8H,4-5,7,13H2,1H3. The summed E-state index contributed by atoms with van der Waals surface area (Å²) in [5.41, 5.74) is 6.17. The van der Waals surface area contributed by atoms with Gasteiger partial charge in [-0.3, -0.25) is 0 Å². The summed E-state index contributed by atoms with van der Waals surface area (Å²) >= 11 is 3.24. The molecule has 1 heterocycles. The molecule has 0 aromatic heterocycles. The molecule has 100 valence electrons. The molecule has 0 saturated carbocycles. The fourth-order valence-corrected chi connectivity index (χ4v) is 3.97. The Balaban J connectivity index is 2.28. The lowest BCUT2D eigenvalue weighted by Crippen LogP contribution is -2.30. The van der Waals surface area contributed by atoms with Gasteiger partial charge in [0, 0.05) is 30.4 Å². The number of halogens is 1. The summed E-state index contributed by atoms with van der Waals surface area (Å²) in [6.45, 7) is 0.893. The molecule has 0 spiro atoms. The molecule has 1 aromatic rings. The number of hydrogen-bond donors (Lipinski definition) is 1. The third kappa shape index (κ3) is 2.54. The summed E-state index contributed by atoms with van der Waals surface area (Å²) in [4.78, 5) is 0.250. The first kappa shape index (κ1) is 13.8. The van der Waals surface area contributed by atoms with Crippen LogP contribution in [0.3, 0.4) is 0 Å². The smallest absolute Gasteiger partial charge is 0.243 e. The zero-order chi connectivity index (χ0) is 13.3. The predicted octanol–water partition coefficient (Wildman–Crippen LogP) is 1.44. The van der Waals surface area contributed by atoms with Gasteiger partial charge in [0.1, 0.15) is 0 Å². The van der Waals surface area contributed by atoms with Crippen molar-refractivity contribution in [3.05, 3.63) is 22.7 Å². The minimum absolute atomic E-state index is 0.0167. The number of hydrogen-bond acceptors (Lipinski definition) is 4. The van der Waals surface area contributed by atoms with Crippen LogP contribution in [0, 0.1) is 0 Å². The number of nitrogens with two attached hydrogens (primary N) is 1. The lowest BCUT2D eigenvalue weighted by molar-refractivity contribution is 0.115. The number of methoxy groups -OCH3 is 1. The van der Waals surface area contributed by atoms with Crippen LogP contribution in [-0.4, -0.2) is 39.0 Å². The third-order valence-electron chi connectivity index (χ3n) is 3.05. The molecular formula is C11H15BrN2O3S. The second kappa shape index (κ2) is 5.16. The average molecular weight is 335 g/mol. The Hall–Kier alpha value is -0.630. The van der Waals surface area contributed by atoms with Gasteiger partial charge in [-0.25, -0.2) is 8.42 Å². The lowest BCUT2D eigenvalue weighted by atomic mass is 10.3. The van der Waals surface area contributed by atoms with Crippen LogP contribution in [0.2, 0.25) is 0 Å². The van der Waals surface area contributed by atoms with Crippen LogP contribution in [0.15, 0.2) is 27.6 Å². The Morgan fingerprint density at radius 2 is 2.22 bits per heavy atom. The predicted molar refractivity (Wildman–Crippen MR) is 72.7 cm³/mol. The fraction of sp³-hybridized carbons (Fsp3) is 0.455. The number of nitrogen functional groups attached to an aromatic ring is 1. The first-order valence-electron chi connectivity index (χ1n) is 5.53. The van der Waals surface area contributed by atoms with E-state index >= 15 is 0 Å². The summed E-state index contributed by atoms with van der Waals surface area (Å²) < 4.78 is 31.9. The van der Waals surface area contributed by atoms with E-state index in [1.807, 2.05) is 0 Å². The molecule has 1 aliphatic heterocycles. The summed E-state index contributed by atoms with van der Waals surface area (Å²) in [7, 11) is -1.86. The molecule has 1 saturated heterocycles. The van der Waals surface area contributed by atoms with E-state index in [1.54, 1.807) is 13.2 Å². The van der Waals surface area contributed by atoms with Crippen LogP contribution in [0.5, 0.6) is 0 Å². The summed E-state index contributed by atoms with van der Waals surface area (Å²) in [6, 6.07) is 4.64. The first-order valence-corrected chi connectivity index (χ1v) is 7.76. The van der Waals surface area contributed by atoms with Gasteiger partial charge in [0.15, 0.2) is 0 Å². The second-order valence-corrected chi connectivity index (χ2v) is 6.99. The van der Waals surface area contributed by atoms with Crippen LogP contribution in [0.4, 0.5) is 5.69 Å². The minimum Gasteiger partial charge on any atom is -0.398 e. The number of sulfonamides is 1. The van der Waals surface area contributed by atoms with Gasteiger partial charge in [0.25, 0.3) is 0 Å². The maximum Gasteiger partial charge on any atom is 0.243 e. The fourth-order valence-electron chi connectivity index (χ4n) is 1.93. The molecule has 7 heteroatoms. The molecule has 1 unspecified atom stereocenters. The summed E-state index contributed by atoms with van der Waals surface area (Å²) in [5.74, 6) is 0. The van der Waals surface area contributed by atoms with Crippen molar-refractivity contribution in [1.82, 2.24) is 4.31 Å². The molecule has 1 atom stereocenters. The van der Waals surface area contributed by atoms with Gasteiger partial charge in [-0.1, -0.05) is 0 Å². The largest absolute Gasteiger partial charge is 0.398 e. The van der Waals surface area contributed by atoms with Crippen LogP contribution in [-0.2, 0) is 14.8 Å². The molecule has 0 radical (unpaired) electrons. The Kier molecular flexibility index (Phi) is 3.96. The van der Waals surface area contributed by atoms with Crippen LogP contribution in [0.1, 0.15) is 6.42 Å². The molecule has 2 N–H and O–H groups in total. The first-order chi connectivity index (χ1) is 8.45. The van der Waals surface area contributed by atoms with E-state index in [-0.39, 0.29) is 11.0 Å². The number of rotatable bonds is 3. The summed E-state index contributed by atoms with van der Waals surface area (Å²) in [5, 5.41) is 0. The summed E-state index contributed by atoms with van der Waals surface area (Å²) in [6.07, 6.45) is 0.711. The van der Waals surface area contributed by atoms with Crippen LogP contribution in [0.25, 0.3) is 0 Å². The Morgan fingerprint density at radius 3 is 2.78 bits per heavy atom. The van der Waals surface area contributed by atoms with E-state index < -0.39 is 10.0 Å². The van der Waals surface area contributed by atoms with Gasteiger partial charge in [-0.05, 0) is 40.5 Å². The van der Waals surface area contributed by atoms with E-state index in [0.29, 0.717) is 23.2 Å². The maximum absolute atomic E-state index is 12.4. The Labute approximate surface area is 115 Å². The van der Waals surface area contributed by atoms with Crippen molar-refractivity contribution >= 4 is 31.6 Å². The zero-order valence-electron chi connectivity index (χ0n) is 9.97. The molecule has 18 heavy (non-hydrogen) atoms. The van der Waals surface area contributed by atoms with Crippen molar-refractivity contribution in [2.24, 2.45) is 0 Å². The number of benzene rings is 1. The van der Waals surface area contributed by atoms with Gasteiger partial charge in [-0.15, -0.1) is 0 Å². The van der Waals surface area contributed by atoms with Gasteiger partial charge < -0.3 is 10.5 Å². The topological polar surface area (TPSA) is 72.6 Å². The van der Waals surface area contributed by atoms with E-state index in [1.165, 1.54) is 16.4 Å². The van der Waals surface area contributed by atoms with E-state index in [9.17, 15) is 8.42 Å². The number of ether oxygens (including phenoxy) is 1. The van der Waals surface area contributed by atoms with Crippen molar-refractivity contribution in [2.75, 3.05) is 25.9 Å². The highest BCUT2D eigenvalue weighted by molar-refractivity contribution is 9.10. The minimum atomic E-state index is -3.45. The molecule has 0 bridgehead atoms. The molecule has 0 amide bonds. The average Bonchev–Trinajstić information content (AvgIpc) is 2.81. The van der Waals surface area contributed by atoms with Crippen LogP contribution >= 0.6 is 15.9 Å². The van der Waals surface area contributed by atoms with Crippen LogP contribution < -0.4 is 5.73 Å². The van der Waals surface area contributed by atoms with E-state index in [2.05, 4.69) is 15.9 Å². The molecular weight excluding hydrogens is 320 g/mol. The van der Waals surface area contributed by atoms with Gasteiger partial charge >= 0.3 is 0 Å². The Bertz CT molecular complexity index is 547. The molecule has 0 aliphatic carbocycles. The van der Waals surface area contributed by atoms with Gasteiger partial charge in [0.05, 0.1) is 11.0 Å². The van der Waals surface area contributed by atoms with Gasteiger partial charge in [0.2, 0.25) is 10.0 Å². The lowest BCUT2D eigenvalue weighted by Gasteiger charge is -2.16. The van der Waals surface area contributed by atoms with Crippen molar-refractivity contribution < 1.29 is 13.2 Å². The number of nitrogens with zero attached hydrogens (tertiary/aromatic N) is 1. The monoisotopic (exact) mass is 334 g/mol. The SMILES string of the molecule is COC1CCN(S(=O)(=O)c2ccc(N)c(Br)c2)C1. The molecule has 1 fully saturated rings. The molecule has 1 aliphatic rings. The highest BCUT2D eigenvalue weighted by atomic mass is 79.9. The second-order valence-electron chi connectivity index (χ2n) is 4.19. The number of anilines is 1. The van der Waals surface area contributed by atoms with E-state index in [0.717, 1.165) is 6.42 Å². The van der Waals surface area contributed by atoms with E-state index in [4.69, 9.17) is 10.5 Å². The zero-order valence-corrected chi connectivity index (χ0v) is 12.4. The third-order valence-corrected chi connectivity index (χ3v) is 5.60. The molecule has 5 nitrogen and oxygen atoms in total. The molecule has 2 rings (SSSR count). The highest BCUT2D eigenvalue weighted by Crippen LogP contribution is 2.27. The Morgan fingerprint density at radius 1 is 1.50 bits per heavy atom. The van der Waals surface area contributed by atoms with Crippen molar-refractivity contribution in [3.63, 3.8) is 0 Å². The highest BCUT2D eigenvalue weighted by Gasteiger charge is 2.32. The maximum atomic E-state index is 12.4. The van der Waals surface area contributed by atoms with Crippen molar-refractivity contribution in [1.29, 1.82) is 0 Å². The van der Waals surface area contributed by atoms with Crippen molar-refractivity contribution in [3.8, 4) is 0 Å². The van der Waals surface area contributed by atoms with Crippen molar-refractivity contribution in [2.45, 2.75) is 17.4 Å². The van der Waals surface area contributed by atoms with Gasteiger partial charge in [-0.2, -0.15) is 4.31 Å². The quantitative estimate of drug-likeness (QED) is 0.849. The molecule has 1 aromatic carbocycles.